The highest BCUT2D eigenvalue weighted by Crippen LogP contribution is 2.42. The summed E-state index contributed by atoms with van der Waals surface area (Å²) in [5.74, 6) is 0.165. The summed E-state index contributed by atoms with van der Waals surface area (Å²) in [4.78, 5) is 12.5. The molecular weight excluding hydrogens is 320 g/mol. The van der Waals surface area contributed by atoms with Gasteiger partial charge in [0.15, 0.2) is 0 Å². The lowest BCUT2D eigenvalue weighted by molar-refractivity contribution is -0.131. The molecule has 0 spiro atoms. The molecule has 0 radical (unpaired) electrons. The molecule has 122 valence electrons. The fourth-order valence-corrected chi connectivity index (χ4v) is 3.91. The molecule has 24 heavy (non-hydrogen) atoms. The molecular formula is C20H19ClN2O. The summed E-state index contributed by atoms with van der Waals surface area (Å²) in [6, 6.07) is 16.2. The van der Waals surface area contributed by atoms with Crippen LogP contribution in [0.5, 0.6) is 0 Å². The highest BCUT2D eigenvalue weighted by molar-refractivity contribution is 6.30. The molecule has 1 amide bonds. The molecule has 3 nitrogen and oxygen atoms in total. The van der Waals surface area contributed by atoms with Gasteiger partial charge in [0, 0.05) is 23.6 Å². The van der Waals surface area contributed by atoms with Gasteiger partial charge in [-0.25, -0.2) is 5.01 Å². The van der Waals surface area contributed by atoms with Gasteiger partial charge in [0.1, 0.15) is 0 Å². The van der Waals surface area contributed by atoms with Crippen molar-refractivity contribution in [2.75, 3.05) is 11.6 Å². The van der Waals surface area contributed by atoms with Gasteiger partial charge in [0.05, 0.1) is 11.2 Å². The minimum Gasteiger partial charge on any atom is -0.281 e. The summed E-state index contributed by atoms with van der Waals surface area (Å²) in [5, 5.41) is 4.72. The highest BCUT2D eigenvalue weighted by Gasteiger charge is 2.42. The second-order valence-electron chi connectivity index (χ2n) is 6.82. The van der Waals surface area contributed by atoms with Crippen molar-refractivity contribution in [2.24, 2.45) is 0 Å². The van der Waals surface area contributed by atoms with Crippen molar-refractivity contribution >= 4 is 28.8 Å². The number of benzene rings is 2. The number of hydrogen-bond donors (Lipinski definition) is 0. The maximum absolute atomic E-state index is 12.5. The molecule has 1 saturated heterocycles. The van der Waals surface area contributed by atoms with Crippen LogP contribution in [0.15, 0.2) is 54.6 Å². The Bertz CT molecular complexity index is 856. The van der Waals surface area contributed by atoms with Gasteiger partial charge in [-0.15, -0.1) is 0 Å². The molecule has 0 unspecified atom stereocenters. The Morgan fingerprint density at radius 2 is 1.88 bits per heavy atom. The van der Waals surface area contributed by atoms with E-state index in [-0.39, 0.29) is 5.91 Å². The van der Waals surface area contributed by atoms with E-state index in [4.69, 9.17) is 11.6 Å². The summed E-state index contributed by atoms with van der Waals surface area (Å²) in [6.45, 7) is 4.88. The van der Waals surface area contributed by atoms with Gasteiger partial charge < -0.3 is 0 Å². The Morgan fingerprint density at radius 1 is 1.08 bits per heavy atom. The van der Waals surface area contributed by atoms with Crippen LogP contribution in [-0.2, 0) is 4.79 Å². The first-order valence-corrected chi connectivity index (χ1v) is 8.54. The molecule has 2 heterocycles. The average Bonchev–Trinajstić information content (AvgIpc) is 2.91. The van der Waals surface area contributed by atoms with Crippen molar-refractivity contribution in [3.8, 4) is 0 Å². The maximum Gasteiger partial charge on any atom is 0.243 e. The minimum absolute atomic E-state index is 0.165. The van der Waals surface area contributed by atoms with Crippen molar-refractivity contribution in [1.82, 2.24) is 5.01 Å². The van der Waals surface area contributed by atoms with E-state index < -0.39 is 5.54 Å². The highest BCUT2D eigenvalue weighted by atomic mass is 35.5. The largest absolute Gasteiger partial charge is 0.281 e. The summed E-state index contributed by atoms with van der Waals surface area (Å²) >= 11 is 6.22. The summed E-state index contributed by atoms with van der Waals surface area (Å²) in [5.41, 5.74) is 3.97. The fraction of sp³-hybridized carbons (Fsp3) is 0.250. The molecule has 4 heteroatoms. The maximum atomic E-state index is 12.5. The van der Waals surface area contributed by atoms with Crippen molar-refractivity contribution in [3.63, 3.8) is 0 Å². The predicted octanol–water partition coefficient (Wildman–Crippen LogP) is 4.52. The number of para-hydroxylation sites is 1. The number of hydrogen-bond acceptors (Lipinski definition) is 2. The van der Waals surface area contributed by atoms with Gasteiger partial charge in [-0.1, -0.05) is 41.9 Å². The molecule has 0 aliphatic carbocycles. The quantitative estimate of drug-likeness (QED) is 0.763. The van der Waals surface area contributed by atoms with E-state index in [0.717, 1.165) is 28.9 Å². The molecule has 2 aromatic rings. The molecule has 2 aliphatic heterocycles. The van der Waals surface area contributed by atoms with Crippen LogP contribution < -0.4 is 5.01 Å². The number of nitrogens with zero attached hydrogens (tertiary/aromatic N) is 2. The zero-order valence-electron chi connectivity index (χ0n) is 13.8. The summed E-state index contributed by atoms with van der Waals surface area (Å²) in [6.07, 6.45) is 2.73. The molecule has 0 aromatic heterocycles. The van der Waals surface area contributed by atoms with Crippen molar-refractivity contribution in [2.45, 2.75) is 25.8 Å². The predicted molar refractivity (Wildman–Crippen MR) is 97.9 cm³/mol. The van der Waals surface area contributed by atoms with E-state index in [1.807, 2.05) is 35.3 Å². The number of carbonyl (C=O) groups is 1. The first-order valence-electron chi connectivity index (χ1n) is 8.16. The lowest BCUT2D eigenvalue weighted by atomic mass is 9.91. The number of fused-ring (bicyclic) bond motifs is 3. The van der Waals surface area contributed by atoms with Gasteiger partial charge in [-0.05, 0) is 49.3 Å². The molecule has 0 bridgehead atoms. The van der Waals surface area contributed by atoms with E-state index in [2.05, 4.69) is 43.1 Å². The second kappa shape index (κ2) is 5.38. The van der Waals surface area contributed by atoms with Gasteiger partial charge in [-0.3, -0.25) is 9.80 Å². The normalized spacial score (nSPS) is 18.8. The van der Waals surface area contributed by atoms with Crippen LogP contribution in [0.2, 0.25) is 5.02 Å². The van der Waals surface area contributed by atoms with Crippen molar-refractivity contribution < 1.29 is 4.79 Å². The van der Waals surface area contributed by atoms with Crippen LogP contribution in [0.3, 0.4) is 0 Å². The fourth-order valence-electron chi connectivity index (χ4n) is 3.72. The van der Waals surface area contributed by atoms with Crippen LogP contribution >= 0.6 is 11.6 Å². The Morgan fingerprint density at radius 3 is 2.67 bits per heavy atom. The van der Waals surface area contributed by atoms with Gasteiger partial charge in [-0.2, -0.15) is 0 Å². The van der Waals surface area contributed by atoms with Crippen LogP contribution in [0, 0.1) is 0 Å². The topological polar surface area (TPSA) is 23.6 Å². The standard InChI is InChI=1S/C20H19ClN2O/c1-20(2)13-17(14-6-5-7-15(21)12-14)16-8-3-4-9-18(16)22-11-10-19(24)23(20)22/h3-9,12-13H,10-11H2,1-2H3. The number of rotatable bonds is 1. The van der Waals surface area contributed by atoms with Crippen molar-refractivity contribution in [1.29, 1.82) is 0 Å². The average molecular weight is 339 g/mol. The SMILES string of the molecule is CC1(C)C=C(c2cccc(Cl)c2)c2ccccc2N2CCC(=O)N21. The molecule has 2 aliphatic rings. The number of carbonyl (C=O) groups excluding carboxylic acids is 1. The molecule has 2 aromatic carbocycles. The van der Waals surface area contributed by atoms with Crippen molar-refractivity contribution in [3.05, 3.63) is 70.8 Å². The minimum atomic E-state index is -0.412. The molecule has 1 fully saturated rings. The molecule has 0 N–H and O–H groups in total. The van der Waals surface area contributed by atoms with E-state index >= 15 is 0 Å². The first kappa shape index (κ1) is 15.3. The number of amides is 1. The van der Waals surface area contributed by atoms with Crippen LogP contribution in [-0.4, -0.2) is 23.0 Å². The summed E-state index contributed by atoms with van der Waals surface area (Å²) in [7, 11) is 0. The zero-order valence-corrected chi connectivity index (χ0v) is 14.5. The van der Waals surface area contributed by atoms with E-state index in [1.165, 1.54) is 0 Å². The Balaban J connectivity index is 1.99. The van der Waals surface area contributed by atoms with Gasteiger partial charge in [0.2, 0.25) is 5.91 Å². The number of anilines is 1. The smallest absolute Gasteiger partial charge is 0.243 e. The monoisotopic (exact) mass is 338 g/mol. The van der Waals surface area contributed by atoms with Gasteiger partial charge in [0.25, 0.3) is 0 Å². The van der Waals surface area contributed by atoms with Crippen LogP contribution in [0.25, 0.3) is 5.57 Å². The molecule has 0 saturated carbocycles. The van der Waals surface area contributed by atoms with E-state index in [1.54, 1.807) is 0 Å². The van der Waals surface area contributed by atoms with Crippen LogP contribution in [0.1, 0.15) is 31.4 Å². The third-order valence-corrected chi connectivity index (χ3v) is 4.90. The zero-order chi connectivity index (χ0) is 16.9. The third-order valence-electron chi connectivity index (χ3n) is 4.67. The van der Waals surface area contributed by atoms with Crippen LogP contribution in [0.4, 0.5) is 5.69 Å². The van der Waals surface area contributed by atoms with E-state index in [0.29, 0.717) is 11.4 Å². The lowest BCUT2D eigenvalue weighted by Crippen LogP contribution is -2.51. The number of hydrazine groups is 1. The Kier molecular flexibility index (Phi) is 3.43. The second-order valence-corrected chi connectivity index (χ2v) is 7.25. The third kappa shape index (κ3) is 2.31. The molecule has 4 rings (SSSR count). The Labute approximate surface area is 147 Å². The molecule has 0 atom stereocenters. The first-order chi connectivity index (χ1) is 11.5. The van der Waals surface area contributed by atoms with E-state index in [9.17, 15) is 4.79 Å². The lowest BCUT2D eigenvalue weighted by Gasteiger charge is -2.39. The number of halogens is 1. The summed E-state index contributed by atoms with van der Waals surface area (Å²) < 4.78 is 0. The van der Waals surface area contributed by atoms with Gasteiger partial charge >= 0.3 is 0 Å². The Hall–Kier alpha value is -2.26.